The number of nitrogens with zero attached hydrogens (tertiary/aromatic N) is 4. The van der Waals surface area contributed by atoms with E-state index in [4.69, 9.17) is 18.0 Å². The Balaban J connectivity index is 1.99. The van der Waals surface area contributed by atoms with Crippen LogP contribution in [-0.2, 0) is 13.1 Å². The quantitative estimate of drug-likeness (QED) is 0.347. The fraction of sp³-hybridized carbons (Fsp3) is 0.150. The Hall–Kier alpha value is -2.75. The molecule has 0 spiro atoms. The second-order valence-electron chi connectivity index (χ2n) is 5.68. The molecule has 0 atom stereocenters. The normalized spacial score (nSPS) is 10.5. The summed E-state index contributed by atoms with van der Waals surface area (Å²) in [5.41, 5.74) is 1.32. The van der Waals surface area contributed by atoms with Crippen LogP contribution in [0.4, 0.5) is 0 Å². The van der Waals surface area contributed by atoms with Gasteiger partial charge in [-0.2, -0.15) is 0 Å². The van der Waals surface area contributed by atoms with Crippen LogP contribution in [0.3, 0.4) is 0 Å². The first-order valence-corrected chi connectivity index (χ1v) is 9.55. The van der Waals surface area contributed by atoms with Crippen LogP contribution >= 0.6 is 23.4 Å². The molecule has 1 aromatic carbocycles. The fourth-order valence-corrected chi connectivity index (χ4v) is 3.37. The van der Waals surface area contributed by atoms with E-state index in [1.807, 2.05) is 34.9 Å². The number of hydrogen-bond donors (Lipinski definition) is 0. The lowest BCUT2D eigenvalue weighted by Crippen LogP contribution is -2.22. The molecule has 5 nitrogen and oxygen atoms in total. The highest BCUT2D eigenvalue weighted by atomic mass is 35.5. The minimum absolute atomic E-state index is 0.140. The number of thioether (sulfide) groups is 1. The van der Waals surface area contributed by atoms with Crippen LogP contribution in [-0.4, -0.2) is 25.1 Å². The summed E-state index contributed by atoms with van der Waals surface area (Å²) in [5.74, 6) is 3.55. The van der Waals surface area contributed by atoms with Crippen LogP contribution in [0.15, 0.2) is 65.2 Å². The first kappa shape index (κ1) is 19.0. The van der Waals surface area contributed by atoms with Crippen molar-refractivity contribution in [2.24, 2.45) is 0 Å². The molecule has 0 aliphatic heterocycles. The second kappa shape index (κ2) is 8.76. The van der Waals surface area contributed by atoms with Gasteiger partial charge in [0.2, 0.25) is 0 Å². The molecule has 0 radical (unpaired) electrons. The average Bonchev–Trinajstić information content (AvgIpc) is 3.06. The van der Waals surface area contributed by atoms with E-state index in [1.54, 1.807) is 22.9 Å². The minimum Gasteiger partial charge on any atom is -0.310 e. The van der Waals surface area contributed by atoms with E-state index in [2.05, 4.69) is 22.7 Å². The number of halogens is 1. The number of benzene rings is 1. The third-order valence-electron chi connectivity index (χ3n) is 3.84. The van der Waals surface area contributed by atoms with E-state index < -0.39 is 0 Å². The number of aromatic nitrogens is 4. The van der Waals surface area contributed by atoms with Crippen LogP contribution in [0.5, 0.6) is 0 Å². The monoisotopic (exact) mass is 396 g/mol. The van der Waals surface area contributed by atoms with Gasteiger partial charge in [0.1, 0.15) is 0 Å². The van der Waals surface area contributed by atoms with Crippen LogP contribution in [0, 0.1) is 12.3 Å². The van der Waals surface area contributed by atoms with Gasteiger partial charge in [-0.1, -0.05) is 47.5 Å². The lowest BCUT2D eigenvalue weighted by Gasteiger charge is -2.10. The first-order valence-electron chi connectivity index (χ1n) is 8.18. The molecule has 0 unspecified atom stereocenters. The van der Waals surface area contributed by atoms with Crippen molar-refractivity contribution in [3.05, 3.63) is 76.2 Å². The molecule has 0 fully saturated rings. The summed E-state index contributed by atoms with van der Waals surface area (Å²) in [5, 5.41) is 9.73. The molecule has 7 heteroatoms. The van der Waals surface area contributed by atoms with E-state index in [0.29, 0.717) is 40.4 Å². The van der Waals surface area contributed by atoms with E-state index >= 15 is 0 Å². The molecular formula is C20H17ClN4OS. The van der Waals surface area contributed by atoms with Crippen LogP contribution in [0.25, 0.3) is 11.4 Å². The zero-order valence-electron chi connectivity index (χ0n) is 14.5. The van der Waals surface area contributed by atoms with Crippen LogP contribution in [0.1, 0.15) is 5.56 Å². The van der Waals surface area contributed by atoms with Gasteiger partial charge in [0.05, 0.1) is 17.9 Å². The highest BCUT2D eigenvalue weighted by molar-refractivity contribution is 7.99. The highest BCUT2D eigenvalue weighted by Crippen LogP contribution is 2.22. The lowest BCUT2D eigenvalue weighted by atomic mass is 10.2. The van der Waals surface area contributed by atoms with Crippen molar-refractivity contribution in [3.8, 4) is 23.7 Å². The third-order valence-corrected chi connectivity index (χ3v) is 4.96. The largest absolute Gasteiger partial charge is 0.310 e. The predicted octanol–water partition coefficient (Wildman–Crippen LogP) is 3.72. The molecule has 3 aromatic rings. The SMILES string of the molecule is C#CCSc1nnc(-c2cccn(Cc3ccc(Cl)cc3)c2=O)n1CC=C. The Morgan fingerprint density at radius 1 is 1.26 bits per heavy atom. The van der Waals surface area contributed by atoms with E-state index in [9.17, 15) is 4.79 Å². The molecule has 0 aliphatic rings. The minimum atomic E-state index is -0.140. The standard InChI is InChI=1S/C20H17ClN4OS/c1-3-11-25-18(22-23-20(25)27-13-4-2)17-6-5-12-24(19(17)26)14-15-7-9-16(21)10-8-15/h2-3,5-10,12H,1,11,13-14H2. The maximum Gasteiger partial charge on any atom is 0.261 e. The molecule has 0 aliphatic carbocycles. The topological polar surface area (TPSA) is 52.7 Å². The lowest BCUT2D eigenvalue weighted by molar-refractivity contribution is 0.725. The molecule has 0 saturated carbocycles. The fourth-order valence-electron chi connectivity index (χ4n) is 2.61. The van der Waals surface area contributed by atoms with E-state index in [1.165, 1.54) is 11.8 Å². The second-order valence-corrected chi connectivity index (χ2v) is 7.06. The van der Waals surface area contributed by atoms with Gasteiger partial charge >= 0.3 is 0 Å². The van der Waals surface area contributed by atoms with Gasteiger partial charge in [-0.25, -0.2) is 0 Å². The average molecular weight is 397 g/mol. The van der Waals surface area contributed by atoms with Gasteiger partial charge < -0.3 is 4.57 Å². The van der Waals surface area contributed by atoms with E-state index in [-0.39, 0.29) is 5.56 Å². The number of pyridine rings is 1. The summed E-state index contributed by atoms with van der Waals surface area (Å²) in [4.78, 5) is 13.0. The number of hydrogen-bond acceptors (Lipinski definition) is 4. The van der Waals surface area contributed by atoms with Crippen molar-refractivity contribution in [2.45, 2.75) is 18.2 Å². The van der Waals surface area contributed by atoms with Gasteiger partial charge in [0.15, 0.2) is 11.0 Å². The maximum absolute atomic E-state index is 13.0. The van der Waals surface area contributed by atoms with Crippen molar-refractivity contribution < 1.29 is 0 Å². The maximum atomic E-state index is 13.0. The van der Waals surface area contributed by atoms with Gasteiger partial charge in [-0.05, 0) is 29.8 Å². The molecule has 0 N–H and O–H groups in total. The highest BCUT2D eigenvalue weighted by Gasteiger charge is 2.17. The Kier molecular flexibility index (Phi) is 6.17. The van der Waals surface area contributed by atoms with Gasteiger partial charge in [-0.15, -0.1) is 23.2 Å². The molecule has 0 bridgehead atoms. The zero-order chi connectivity index (χ0) is 19.2. The van der Waals surface area contributed by atoms with Crippen molar-refractivity contribution >= 4 is 23.4 Å². The third kappa shape index (κ3) is 4.33. The van der Waals surface area contributed by atoms with Crippen LogP contribution in [0.2, 0.25) is 5.02 Å². The smallest absolute Gasteiger partial charge is 0.261 e. The van der Waals surface area contributed by atoms with E-state index in [0.717, 1.165) is 5.56 Å². The molecule has 136 valence electrons. The number of terminal acetylenes is 1. The first-order chi connectivity index (χ1) is 13.1. The molecule has 27 heavy (non-hydrogen) atoms. The zero-order valence-corrected chi connectivity index (χ0v) is 16.1. The van der Waals surface area contributed by atoms with Gasteiger partial charge in [0.25, 0.3) is 5.56 Å². The predicted molar refractivity (Wildman–Crippen MR) is 110 cm³/mol. The van der Waals surface area contributed by atoms with Crippen molar-refractivity contribution in [3.63, 3.8) is 0 Å². The number of allylic oxidation sites excluding steroid dienone is 1. The summed E-state index contributed by atoms with van der Waals surface area (Å²) in [6.45, 7) is 4.70. The van der Waals surface area contributed by atoms with Crippen molar-refractivity contribution in [1.29, 1.82) is 0 Å². The van der Waals surface area contributed by atoms with Crippen molar-refractivity contribution in [1.82, 2.24) is 19.3 Å². The van der Waals surface area contributed by atoms with Crippen molar-refractivity contribution in [2.75, 3.05) is 5.75 Å². The van der Waals surface area contributed by atoms with Gasteiger partial charge in [-0.3, -0.25) is 9.36 Å². The summed E-state index contributed by atoms with van der Waals surface area (Å²) < 4.78 is 3.48. The number of rotatable bonds is 7. The summed E-state index contributed by atoms with van der Waals surface area (Å²) in [6.07, 6.45) is 8.83. The van der Waals surface area contributed by atoms with Crippen LogP contribution < -0.4 is 5.56 Å². The Bertz CT molecular complexity index is 1050. The Labute approximate surface area is 166 Å². The summed E-state index contributed by atoms with van der Waals surface area (Å²) in [6, 6.07) is 11.0. The molecular weight excluding hydrogens is 380 g/mol. The Morgan fingerprint density at radius 3 is 2.74 bits per heavy atom. The van der Waals surface area contributed by atoms with Gasteiger partial charge in [0, 0.05) is 17.8 Å². The Morgan fingerprint density at radius 2 is 2.04 bits per heavy atom. The summed E-state index contributed by atoms with van der Waals surface area (Å²) in [7, 11) is 0. The molecule has 0 amide bonds. The molecule has 2 aromatic heterocycles. The molecule has 0 saturated heterocycles. The molecule has 3 rings (SSSR count). The molecule has 2 heterocycles. The summed E-state index contributed by atoms with van der Waals surface area (Å²) >= 11 is 7.33.